The molecule has 1 N–H and O–H groups in total. The Labute approximate surface area is 228 Å². The number of carbonyl (C=O) groups excluding carboxylic acids is 1. The fourth-order valence-electron chi connectivity index (χ4n) is 4.97. The second-order valence-corrected chi connectivity index (χ2v) is 14.4. The fourth-order valence-corrected chi connectivity index (χ4v) is 8.39. The Kier molecular flexibility index (Phi) is 9.44. The van der Waals surface area contributed by atoms with Gasteiger partial charge in [-0.05, 0) is 74.1 Å². The molecule has 1 aliphatic heterocycles. The van der Waals surface area contributed by atoms with E-state index in [4.69, 9.17) is 0 Å². The van der Waals surface area contributed by atoms with Gasteiger partial charge < -0.3 is 5.32 Å². The lowest BCUT2D eigenvalue weighted by Gasteiger charge is -2.33. The van der Waals surface area contributed by atoms with E-state index in [2.05, 4.69) is 21.2 Å². The van der Waals surface area contributed by atoms with Gasteiger partial charge in [-0.15, -0.1) is 0 Å². The van der Waals surface area contributed by atoms with Gasteiger partial charge in [-0.25, -0.2) is 16.8 Å². The molecule has 0 aromatic heterocycles. The first-order valence-electron chi connectivity index (χ1n) is 12.8. The molecular formula is C26H34BrN3O5S2. The zero-order valence-electron chi connectivity index (χ0n) is 20.8. The van der Waals surface area contributed by atoms with E-state index in [0.29, 0.717) is 26.1 Å². The summed E-state index contributed by atoms with van der Waals surface area (Å²) in [6, 6.07) is 13.0. The average Bonchev–Trinajstić information content (AvgIpc) is 3.45. The van der Waals surface area contributed by atoms with Crippen LogP contribution >= 0.6 is 15.9 Å². The van der Waals surface area contributed by atoms with Crippen LogP contribution in [-0.2, 0) is 31.3 Å². The molecule has 2 aliphatic rings. The summed E-state index contributed by atoms with van der Waals surface area (Å²) in [6.45, 7) is 1.22. The Morgan fingerprint density at radius 2 is 1.46 bits per heavy atom. The van der Waals surface area contributed by atoms with Gasteiger partial charge in [-0.1, -0.05) is 47.3 Å². The molecule has 0 unspecified atom stereocenters. The lowest BCUT2D eigenvalue weighted by molar-refractivity contribution is -0.121. The number of hydrogen-bond acceptors (Lipinski definition) is 5. The summed E-state index contributed by atoms with van der Waals surface area (Å²) in [6.07, 6.45) is 6.75. The van der Waals surface area contributed by atoms with Crippen LogP contribution in [0.15, 0.2) is 62.8 Å². The number of nitrogens with zero attached hydrogens (tertiary/aromatic N) is 2. The maximum atomic E-state index is 13.5. The van der Waals surface area contributed by atoms with Gasteiger partial charge in [-0.3, -0.25) is 4.79 Å². The zero-order chi connectivity index (χ0) is 26.5. The molecule has 0 bridgehead atoms. The van der Waals surface area contributed by atoms with Crippen LogP contribution in [0.5, 0.6) is 0 Å². The van der Waals surface area contributed by atoms with E-state index >= 15 is 0 Å². The van der Waals surface area contributed by atoms with Crippen molar-refractivity contribution in [3.8, 4) is 0 Å². The van der Waals surface area contributed by atoms with Crippen molar-refractivity contribution in [2.45, 2.75) is 67.2 Å². The molecule has 4 rings (SSSR count). The van der Waals surface area contributed by atoms with E-state index in [1.807, 2.05) is 0 Å². The maximum absolute atomic E-state index is 13.5. The Morgan fingerprint density at radius 3 is 2.08 bits per heavy atom. The highest BCUT2D eigenvalue weighted by molar-refractivity contribution is 9.10. The van der Waals surface area contributed by atoms with E-state index in [9.17, 15) is 21.6 Å². The molecule has 1 saturated carbocycles. The third-order valence-electron chi connectivity index (χ3n) is 7.06. The van der Waals surface area contributed by atoms with E-state index in [1.165, 1.54) is 8.61 Å². The van der Waals surface area contributed by atoms with E-state index < -0.39 is 20.0 Å². The molecule has 0 radical (unpaired) electrons. The van der Waals surface area contributed by atoms with Crippen molar-refractivity contribution in [1.82, 2.24) is 13.9 Å². The summed E-state index contributed by atoms with van der Waals surface area (Å²) in [5.74, 6) is -0.348. The largest absolute Gasteiger partial charge is 0.355 e. The van der Waals surface area contributed by atoms with Crippen molar-refractivity contribution < 1.29 is 21.6 Å². The predicted octanol–water partition coefficient (Wildman–Crippen LogP) is 3.92. The van der Waals surface area contributed by atoms with Crippen LogP contribution < -0.4 is 5.32 Å². The lowest BCUT2D eigenvalue weighted by Crippen LogP contribution is -2.47. The third kappa shape index (κ3) is 7.00. The van der Waals surface area contributed by atoms with Gasteiger partial charge in [0.05, 0.1) is 16.3 Å². The van der Waals surface area contributed by atoms with Crippen molar-refractivity contribution in [2.24, 2.45) is 0 Å². The highest BCUT2D eigenvalue weighted by Crippen LogP contribution is 2.28. The zero-order valence-corrected chi connectivity index (χ0v) is 24.0. The first-order valence-corrected chi connectivity index (χ1v) is 16.5. The van der Waals surface area contributed by atoms with Gasteiger partial charge in [0.2, 0.25) is 26.0 Å². The number of sulfonamides is 2. The fraction of sp³-hybridized carbons (Fsp3) is 0.500. The second-order valence-electron chi connectivity index (χ2n) is 9.65. The van der Waals surface area contributed by atoms with Crippen molar-refractivity contribution in [2.75, 3.05) is 26.2 Å². The molecule has 1 heterocycles. The topological polar surface area (TPSA) is 104 Å². The summed E-state index contributed by atoms with van der Waals surface area (Å²) in [5.41, 5.74) is 0.896. The van der Waals surface area contributed by atoms with Crippen LogP contribution in [0.25, 0.3) is 0 Å². The molecule has 11 heteroatoms. The molecule has 1 aliphatic carbocycles. The van der Waals surface area contributed by atoms with Crippen molar-refractivity contribution in [3.63, 3.8) is 0 Å². The standard InChI is InChI=1S/C26H34BrN3O5S2/c27-22-10-14-25(15-11-22)37(34,35)30(23-6-2-1-3-7-23)20-26(31)28-17-16-21-8-12-24(13-9-21)36(32,33)29-18-4-5-19-29/h8-15,23H,1-7,16-20H2,(H,28,31). The maximum Gasteiger partial charge on any atom is 0.243 e. The van der Waals surface area contributed by atoms with Crippen LogP contribution in [-0.4, -0.2) is 63.6 Å². The minimum absolute atomic E-state index is 0.179. The van der Waals surface area contributed by atoms with Crippen LogP contribution in [0, 0.1) is 0 Å². The predicted molar refractivity (Wildman–Crippen MR) is 146 cm³/mol. The Hall–Kier alpha value is -1.79. The monoisotopic (exact) mass is 611 g/mol. The van der Waals surface area contributed by atoms with Crippen LogP contribution in [0.1, 0.15) is 50.5 Å². The molecule has 8 nitrogen and oxygen atoms in total. The molecule has 37 heavy (non-hydrogen) atoms. The van der Waals surface area contributed by atoms with Gasteiger partial charge in [0.15, 0.2) is 0 Å². The first-order chi connectivity index (χ1) is 17.7. The quantitative estimate of drug-likeness (QED) is 0.438. The molecule has 0 spiro atoms. The van der Waals surface area contributed by atoms with Crippen LogP contribution in [0.3, 0.4) is 0 Å². The summed E-state index contributed by atoms with van der Waals surface area (Å²) in [4.78, 5) is 13.3. The molecule has 0 atom stereocenters. The summed E-state index contributed by atoms with van der Waals surface area (Å²) in [7, 11) is -7.28. The Morgan fingerprint density at radius 1 is 0.865 bits per heavy atom. The van der Waals surface area contributed by atoms with Gasteiger partial charge in [0.25, 0.3) is 0 Å². The summed E-state index contributed by atoms with van der Waals surface area (Å²) in [5, 5.41) is 2.84. The summed E-state index contributed by atoms with van der Waals surface area (Å²) < 4.78 is 56.0. The van der Waals surface area contributed by atoms with Gasteiger partial charge >= 0.3 is 0 Å². The molecular weight excluding hydrogens is 578 g/mol. The van der Waals surface area contributed by atoms with Crippen LogP contribution in [0.2, 0.25) is 0 Å². The minimum Gasteiger partial charge on any atom is -0.355 e. The SMILES string of the molecule is O=C(CN(C1CCCCC1)S(=O)(=O)c1ccc(Br)cc1)NCCc1ccc(S(=O)(=O)N2CCCC2)cc1. The molecule has 2 fully saturated rings. The smallest absolute Gasteiger partial charge is 0.243 e. The number of carbonyl (C=O) groups is 1. The molecule has 202 valence electrons. The average molecular weight is 613 g/mol. The minimum atomic E-state index is -3.82. The molecule has 2 aromatic rings. The normalized spacial score (nSPS) is 17.8. The highest BCUT2D eigenvalue weighted by atomic mass is 79.9. The number of benzene rings is 2. The van der Waals surface area contributed by atoms with Crippen molar-refractivity contribution in [3.05, 3.63) is 58.6 Å². The first kappa shape index (κ1) is 28.2. The highest BCUT2D eigenvalue weighted by Gasteiger charge is 2.34. The molecule has 1 saturated heterocycles. The van der Waals surface area contributed by atoms with E-state index in [-0.39, 0.29) is 28.3 Å². The molecule has 2 aromatic carbocycles. The van der Waals surface area contributed by atoms with Crippen molar-refractivity contribution >= 4 is 41.9 Å². The number of rotatable bonds is 10. The number of halogens is 1. The second kappa shape index (κ2) is 12.4. The lowest BCUT2D eigenvalue weighted by atomic mass is 9.95. The number of nitrogens with one attached hydrogen (secondary N) is 1. The Bertz CT molecular complexity index is 1270. The number of amides is 1. The van der Waals surface area contributed by atoms with Gasteiger partial charge in [-0.2, -0.15) is 8.61 Å². The number of hydrogen-bond donors (Lipinski definition) is 1. The van der Waals surface area contributed by atoms with Gasteiger partial charge in [0, 0.05) is 30.1 Å². The van der Waals surface area contributed by atoms with Gasteiger partial charge in [0.1, 0.15) is 0 Å². The third-order valence-corrected chi connectivity index (χ3v) is 11.4. The van der Waals surface area contributed by atoms with E-state index in [1.54, 1.807) is 48.5 Å². The van der Waals surface area contributed by atoms with Crippen molar-refractivity contribution in [1.29, 1.82) is 0 Å². The summed E-state index contributed by atoms with van der Waals surface area (Å²) >= 11 is 3.34. The van der Waals surface area contributed by atoms with E-state index in [0.717, 1.165) is 55.0 Å². The van der Waals surface area contributed by atoms with Crippen LogP contribution in [0.4, 0.5) is 0 Å². The Balaban J connectivity index is 1.36. The molecule has 1 amide bonds.